The molecule has 1 fully saturated rings. The number of likely N-dealkylation sites (tertiary alicyclic amines) is 1. The van der Waals surface area contributed by atoms with Crippen LogP contribution in [-0.4, -0.2) is 69.5 Å². The number of rotatable bonds is 14. The quantitative estimate of drug-likeness (QED) is 0.308. The maximum absolute atomic E-state index is 12.9. The monoisotopic (exact) mass is 537 g/mol. The average molecular weight is 538 g/mol. The maximum Gasteiger partial charge on any atom is 0.243 e. The molecule has 37 heavy (non-hydrogen) atoms. The number of hydrogen-bond donors (Lipinski definition) is 1. The molecule has 0 spiro atoms. The Balaban J connectivity index is 2.54. The summed E-state index contributed by atoms with van der Waals surface area (Å²) in [5.74, 6) is 1.08. The minimum atomic E-state index is -0.793. The highest BCUT2D eigenvalue weighted by Gasteiger charge is 2.39. The predicted molar refractivity (Wildman–Crippen MR) is 153 cm³/mol. The molecule has 0 saturated carbocycles. The number of carbonyl (C=O) groups is 4. The number of thioether (sulfide) groups is 1. The van der Waals surface area contributed by atoms with Crippen LogP contribution in [0, 0.1) is 11.3 Å². The number of hydrogen-bond acceptors (Lipinski definition) is 5. The minimum absolute atomic E-state index is 0.0193. The second-order valence-electron chi connectivity index (χ2n) is 12.6. The van der Waals surface area contributed by atoms with Gasteiger partial charge >= 0.3 is 0 Å². The van der Waals surface area contributed by atoms with Gasteiger partial charge in [0.1, 0.15) is 11.8 Å². The lowest BCUT2D eigenvalue weighted by molar-refractivity contribution is -0.142. The molecule has 1 heterocycles. The lowest BCUT2D eigenvalue weighted by atomic mass is 9.86. The Kier molecular flexibility index (Phi) is 12.9. The third-order valence-corrected chi connectivity index (χ3v) is 8.06. The Morgan fingerprint density at radius 3 is 2.24 bits per heavy atom. The third-order valence-electron chi connectivity index (χ3n) is 6.69. The molecule has 3 amide bonds. The second-order valence-corrected chi connectivity index (χ2v) is 13.9. The summed E-state index contributed by atoms with van der Waals surface area (Å²) in [4.78, 5) is 54.2. The molecule has 0 aromatic carbocycles. The Bertz CT molecular complexity index is 826. The van der Waals surface area contributed by atoms with Crippen LogP contribution in [-0.2, 0) is 19.2 Å². The molecule has 0 radical (unpaired) electrons. The highest BCUT2D eigenvalue weighted by atomic mass is 32.2. The largest absolute Gasteiger partial charge is 0.354 e. The van der Waals surface area contributed by atoms with Crippen LogP contribution in [0.25, 0.3) is 0 Å². The van der Waals surface area contributed by atoms with E-state index in [0.717, 1.165) is 37.1 Å². The van der Waals surface area contributed by atoms with Crippen molar-refractivity contribution in [1.29, 1.82) is 0 Å². The van der Waals surface area contributed by atoms with Gasteiger partial charge in [0, 0.05) is 49.5 Å². The number of nitrogens with one attached hydrogen (secondary N) is 1. The highest BCUT2D eigenvalue weighted by molar-refractivity contribution is 8.00. The smallest absolute Gasteiger partial charge is 0.243 e. The van der Waals surface area contributed by atoms with Crippen molar-refractivity contribution in [2.75, 3.05) is 19.3 Å². The number of carbonyl (C=O) groups excluding carboxylic acids is 4. The maximum atomic E-state index is 12.9. The SMILES string of the molecule is C=C1C(SCCCCCC(=O)N(C)C(CC(=O)C(C)(C)C)C(=O)NCCC(C)C)CC(=O)N1C(C)(C)C. The fourth-order valence-corrected chi connectivity index (χ4v) is 5.47. The molecular weight excluding hydrogens is 486 g/mol. The van der Waals surface area contributed by atoms with Crippen LogP contribution in [0.3, 0.4) is 0 Å². The molecule has 0 aromatic rings. The molecule has 0 aliphatic carbocycles. The van der Waals surface area contributed by atoms with Crippen LogP contribution in [0.4, 0.5) is 0 Å². The first-order valence-corrected chi connectivity index (χ1v) is 14.7. The number of amides is 3. The van der Waals surface area contributed by atoms with Crippen molar-refractivity contribution in [3.63, 3.8) is 0 Å². The van der Waals surface area contributed by atoms with Gasteiger partial charge in [-0.15, -0.1) is 0 Å². The molecule has 1 rings (SSSR count). The number of unbranched alkanes of at least 4 members (excludes halogenated alkanes) is 2. The van der Waals surface area contributed by atoms with E-state index in [4.69, 9.17) is 0 Å². The topological polar surface area (TPSA) is 86.8 Å². The third kappa shape index (κ3) is 10.8. The molecule has 1 aliphatic heterocycles. The van der Waals surface area contributed by atoms with Gasteiger partial charge in [0.2, 0.25) is 17.7 Å². The number of ketones is 1. The van der Waals surface area contributed by atoms with E-state index in [9.17, 15) is 19.2 Å². The van der Waals surface area contributed by atoms with Crippen molar-refractivity contribution < 1.29 is 19.2 Å². The van der Waals surface area contributed by atoms with E-state index in [1.54, 1.807) is 18.8 Å². The Hall–Kier alpha value is -1.83. The second kappa shape index (κ2) is 14.4. The molecular formula is C29H51N3O4S. The Morgan fingerprint density at radius 1 is 1.11 bits per heavy atom. The van der Waals surface area contributed by atoms with Crippen molar-refractivity contribution in [2.45, 2.75) is 117 Å². The van der Waals surface area contributed by atoms with E-state index in [1.165, 1.54) is 4.90 Å². The molecule has 2 unspecified atom stereocenters. The normalized spacial score (nSPS) is 17.4. The zero-order valence-electron chi connectivity index (χ0n) is 24.7. The lowest BCUT2D eigenvalue weighted by Crippen LogP contribution is -2.49. The molecule has 0 bridgehead atoms. The van der Waals surface area contributed by atoms with Crippen molar-refractivity contribution in [3.05, 3.63) is 12.3 Å². The van der Waals surface area contributed by atoms with Crippen molar-refractivity contribution in [2.24, 2.45) is 11.3 Å². The van der Waals surface area contributed by atoms with Crippen molar-refractivity contribution in [1.82, 2.24) is 15.1 Å². The summed E-state index contributed by atoms with van der Waals surface area (Å²) in [6, 6.07) is -0.793. The lowest BCUT2D eigenvalue weighted by Gasteiger charge is -2.33. The fourth-order valence-electron chi connectivity index (χ4n) is 4.25. The number of Topliss-reactive ketones (excluding diaryl/α,β-unsaturated/α-hetero) is 1. The molecule has 0 aromatic heterocycles. The molecule has 1 N–H and O–H groups in total. The van der Waals surface area contributed by atoms with Crippen LogP contribution >= 0.6 is 11.8 Å². The van der Waals surface area contributed by atoms with Gasteiger partial charge < -0.3 is 15.1 Å². The number of nitrogens with zero attached hydrogens (tertiary/aromatic N) is 2. The van der Waals surface area contributed by atoms with Gasteiger partial charge in [-0.25, -0.2) is 0 Å². The summed E-state index contributed by atoms with van der Waals surface area (Å²) >= 11 is 1.76. The molecule has 212 valence electrons. The summed E-state index contributed by atoms with van der Waals surface area (Å²) in [7, 11) is 1.63. The fraction of sp³-hybridized carbons (Fsp3) is 0.793. The summed E-state index contributed by atoms with van der Waals surface area (Å²) in [5, 5.41) is 3.03. The summed E-state index contributed by atoms with van der Waals surface area (Å²) in [6.45, 7) is 20.4. The zero-order chi connectivity index (χ0) is 28.6. The first kappa shape index (κ1) is 33.2. The van der Waals surface area contributed by atoms with Gasteiger partial charge in [0.15, 0.2) is 0 Å². The van der Waals surface area contributed by atoms with Gasteiger partial charge in [-0.3, -0.25) is 19.2 Å². The van der Waals surface area contributed by atoms with Crippen LogP contribution in [0.15, 0.2) is 12.3 Å². The van der Waals surface area contributed by atoms with Crippen molar-refractivity contribution in [3.8, 4) is 0 Å². The molecule has 1 aliphatic rings. The molecule has 7 nitrogen and oxygen atoms in total. The van der Waals surface area contributed by atoms with E-state index in [-0.39, 0.29) is 40.7 Å². The first-order chi connectivity index (χ1) is 17.0. The Labute approximate surface area is 229 Å². The van der Waals surface area contributed by atoms with Gasteiger partial charge in [-0.1, -0.05) is 47.6 Å². The van der Waals surface area contributed by atoms with Crippen molar-refractivity contribution >= 4 is 35.3 Å². The van der Waals surface area contributed by atoms with Crippen LogP contribution in [0.1, 0.15) is 100 Å². The summed E-state index contributed by atoms with van der Waals surface area (Å²) in [5.41, 5.74) is 0.0649. The summed E-state index contributed by atoms with van der Waals surface area (Å²) in [6.07, 6.45) is 4.25. The van der Waals surface area contributed by atoms with Gasteiger partial charge in [-0.05, 0) is 51.7 Å². The van der Waals surface area contributed by atoms with Gasteiger partial charge in [0.25, 0.3) is 0 Å². The molecule has 8 heteroatoms. The molecule has 2 atom stereocenters. The van der Waals surface area contributed by atoms with E-state index >= 15 is 0 Å². The Morgan fingerprint density at radius 2 is 1.73 bits per heavy atom. The van der Waals surface area contributed by atoms with E-state index in [0.29, 0.717) is 25.3 Å². The average Bonchev–Trinajstić information content (AvgIpc) is 3.05. The van der Waals surface area contributed by atoms with Crippen LogP contribution < -0.4 is 5.32 Å². The minimum Gasteiger partial charge on any atom is -0.354 e. The van der Waals surface area contributed by atoms with Crippen LogP contribution in [0.5, 0.6) is 0 Å². The first-order valence-electron chi connectivity index (χ1n) is 13.7. The van der Waals surface area contributed by atoms with E-state index in [1.807, 2.05) is 46.4 Å². The standard InChI is InChI=1S/C29H51N3O4S/c1-20(2)15-16-30-27(36)22(18-24(33)28(4,5)6)31(10)25(34)14-12-11-13-17-37-23-19-26(35)32(21(23)3)29(7,8)9/h20,22-23H,3,11-19H2,1-2,4-10H3,(H,30,36). The predicted octanol–water partition coefficient (Wildman–Crippen LogP) is 5.19. The van der Waals surface area contributed by atoms with Gasteiger partial charge in [0.05, 0.1) is 5.25 Å². The van der Waals surface area contributed by atoms with E-state index in [2.05, 4.69) is 25.7 Å². The summed E-state index contributed by atoms with van der Waals surface area (Å²) < 4.78 is 0. The number of likely N-dealkylation sites (N-methyl/N-ethyl adjacent to an activating group) is 1. The highest BCUT2D eigenvalue weighted by Crippen LogP contribution is 2.36. The zero-order valence-corrected chi connectivity index (χ0v) is 25.6. The van der Waals surface area contributed by atoms with Gasteiger partial charge in [-0.2, -0.15) is 11.8 Å². The molecule has 1 saturated heterocycles. The van der Waals surface area contributed by atoms with Crippen LogP contribution in [0.2, 0.25) is 0 Å². The van der Waals surface area contributed by atoms with E-state index < -0.39 is 11.5 Å².